The van der Waals surface area contributed by atoms with Crippen LogP contribution in [-0.2, 0) is 0 Å². The smallest absolute Gasteiger partial charge is 0.255 e. The first-order chi connectivity index (χ1) is 12.2. The quantitative estimate of drug-likeness (QED) is 0.621. The summed E-state index contributed by atoms with van der Waals surface area (Å²) in [6.07, 6.45) is 5.33. The number of benzene rings is 2. The Morgan fingerprint density at radius 1 is 1.12 bits per heavy atom. The zero-order chi connectivity index (χ0) is 17.6. The molecule has 25 heavy (non-hydrogen) atoms. The molecule has 1 atom stereocenters. The lowest BCUT2D eigenvalue weighted by Gasteiger charge is -2.12. The number of amides is 1. The number of unbranched alkanes of at least 4 members (excludes halogenated alkanes) is 1. The van der Waals surface area contributed by atoms with Gasteiger partial charge in [-0.2, -0.15) is 0 Å². The van der Waals surface area contributed by atoms with Crippen LogP contribution in [0.1, 0.15) is 54.9 Å². The largest absolute Gasteiger partial charge is 0.321 e. The predicted octanol–water partition coefficient (Wildman–Crippen LogP) is 5.78. The van der Waals surface area contributed by atoms with E-state index >= 15 is 0 Å². The molecule has 0 saturated carbocycles. The van der Waals surface area contributed by atoms with Crippen LogP contribution in [-0.4, -0.2) is 10.9 Å². The Morgan fingerprint density at radius 3 is 2.64 bits per heavy atom. The first kappa shape index (κ1) is 17.2. The fraction of sp³-hybridized carbons (Fsp3) is 0.273. The highest BCUT2D eigenvalue weighted by molar-refractivity contribution is 6.04. The Labute approximate surface area is 149 Å². The van der Waals surface area contributed by atoms with E-state index in [2.05, 4.69) is 36.3 Å². The second kappa shape index (κ2) is 7.93. The number of carbonyl (C=O) groups is 1. The van der Waals surface area contributed by atoms with Crippen LogP contribution in [0.4, 0.5) is 5.69 Å². The van der Waals surface area contributed by atoms with Crippen molar-refractivity contribution >= 4 is 22.5 Å². The highest BCUT2D eigenvalue weighted by atomic mass is 16.1. The van der Waals surface area contributed by atoms with Crippen molar-refractivity contribution < 1.29 is 4.79 Å². The second-order valence-electron chi connectivity index (χ2n) is 6.54. The molecule has 1 unspecified atom stereocenters. The summed E-state index contributed by atoms with van der Waals surface area (Å²) in [5, 5.41) is 3.95. The molecule has 0 aliphatic rings. The molecule has 1 heterocycles. The molecule has 0 bridgehead atoms. The highest BCUT2D eigenvalue weighted by Gasteiger charge is 2.09. The molecular weight excluding hydrogens is 308 g/mol. The Bertz CT molecular complexity index is 855. The topological polar surface area (TPSA) is 42.0 Å². The minimum absolute atomic E-state index is 0.107. The number of fused-ring (bicyclic) bond motifs is 1. The summed E-state index contributed by atoms with van der Waals surface area (Å²) in [5.74, 6) is 0.423. The third-order valence-corrected chi connectivity index (χ3v) is 4.58. The van der Waals surface area contributed by atoms with E-state index in [9.17, 15) is 4.79 Å². The van der Waals surface area contributed by atoms with E-state index in [-0.39, 0.29) is 5.91 Å². The SMILES string of the molecule is CCCCC(C)c1ccc(C(=O)Nc2cnc3ccccc3c2)cc1. The molecule has 0 radical (unpaired) electrons. The fourth-order valence-corrected chi connectivity index (χ4v) is 2.98. The fourth-order valence-electron chi connectivity index (χ4n) is 2.98. The summed E-state index contributed by atoms with van der Waals surface area (Å²) in [5.41, 5.74) is 3.59. The van der Waals surface area contributed by atoms with Crippen molar-refractivity contribution in [2.24, 2.45) is 0 Å². The zero-order valence-electron chi connectivity index (χ0n) is 14.8. The summed E-state index contributed by atoms with van der Waals surface area (Å²) in [6.45, 7) is 4.45. The molecule has 0 spiro atoms. The van der Waals surface area contributed by atoms with Crippen LogP contribution in [0.5, 0.6) is 0 Å². The summed E-state index contributed by atoms with van der Waals surface area (Å²) in [6, 6.07) is 17.8. The first-order valence-corrected chi connectivity index (χ1v) is 8.93. The van der Waals surface area contributed by atoms with Crippen molar-refractivity contribution in [3.8, 4) is 0 Å². The van der Waals surface area contributed by atoms with Crippen LogP contribution in [0.2, 0.25) is 0 Å². The van der Waals surface area contributed by atoms with Gasteiger partial charge in [-0.05, 0) is 42.2 Å². The van der Waals surface area contributed by atoms with E-state index < -0.39 is 0 Å². The minimum Gasteiger partial charge on any atom is -0.321 e. The molecule has 3 aromatic rings. The van der Waals surface area contributed by atoms with Gasteiger partial charge in [-0.3, -0.25) is 9.78 Å². The molecule has 0 aliphatic carbocycles. The van der Waals surface area contributed by atoms with E-state index in [1.807, 2.05) is 42.5 Å². The average molecular weight is 332 g/mol. The molecule has 0 aliphatic heterocycles. The molecule has 3 rings (SSSR count). The van der Waals surface area contributed by atoms with Gasteiger partial charge in [0.2, 0.25) is 0 Å². The number of para-hydroxylation sites is 1. The molecule has 2 aromatic carbocycles. The Hall–Kier alpha value is -2.68. The summed E-state index contributed by atoms with van der Waals surface area (Å²) < 4.78 is 0. The van der Waals surface area contributed by atoms with Gasteiger partial charge in [0.1, 0.15) is 0 Å². The van der Waals surface area contributed by atoms with Crippen molar-refractivity contribution in [3.63, 3.8) is 0 Å². The van der Waals surface area contributed by atoms with Crippen molar-refractivity contribution in [1.29, 1.82) is 0 Å². The maximum atomic E-state index is 12.5. The van der Waals surface area contributed by atoms with Crippen molar-refractivity contribution in [1.82, 2.24) is 4.98 Å². The maximum absolute atomic E-state index is 12.5. The normalized spacial score (nSPS) is 12.1. The van der Waals surface area contributed by atoms with Gasteiger partial charge in [0.05, 0.1) is 17.4 Å². The van der Waals surface area contributed by atoms with E-state index in [0.29, 0.717) is 17.2 Å². The molecule has 1 aromatic heterocycles. The van der Waals surface area contributed by atoms with Crippen LogP contribution < -0.4 is 5.32 Å². The lowest BCUT2D eigenvalue weighted by molar-refractivity contribution is 0.102. The number of rotatable bonds is 6. The van der Waals surface area contributed by atoms with Crippen LogP contribution in [0, 0.1) is 0 Å². The number of nitrogens with one attached hydrogen (secondary N) is 1. The third kappa shape index (κ3) is 4.24. The highest BCUT2D eigenvalue weighted by Crippen LogP contribution is 2.22. The Morgan fingerprint density at radius 2 is 1.88 bits per heavy atom. The summed E-state index contributed by atoms with van der Waals surface area (Å²) in [4.78, 5) is 16.8. The summed E-state index contributed by atoms with van der Waals surface area (Å²) >= 11 is 0. The van der Waals surface area contributed by atoms with Crippen LogP contribution in [0.15, 0.2) is 60.8 Å². The number of nitrogens with zero attached hydrogens (tertiary/aromatic N) is 1. The first-order valence-electron chi connectivity index (χ1n) is 8.93. The van der Waals surface area contributed by atoms with E-state index in [4.69, 9.17) is 0 Å². The Balaban J connectivity index is 1.69. The second-order valence-corrected chi connectivity index (χ2v) is 6.54. The lowest BCUT2D eigenvalue weighted by atomic mass is 9.95. The van der Waals surface area contributed by atoms with Gasteiger partial charge in [0.25, 0.3) is 5.91 Å². The molecule has 1 N–H and O–H groups in total. The monoisotopic (exact) mass is 332 g/mol. The zero-order valence-corrected chi connectivity index (χ0v) is 14.8. The molecule has 0 saturated heterocycles. The van der Waals surface area contributed by atoms with Gasteiger partial charge in [0.15, 0.2) is 0 Å². The molecule has 1 amide bonds. The standard InChI is InChI=1S/C22H24N2O/c1-3-4-7-16(2)17-10-12-18(13-11-17)22(25)24-20-14-19-8-5-6-9-21(19)23-15-20/h5-6,8-16H,3-4,7H2,1-2H3,(H,24,25). The van der Waals surface area contributed by atoms with E-state index in [0.717, 1.165) is 10.9 Å². The van der Waals surface area contributed by atoms with Gasteiger partial charge in [-0.25, -0.2) is 0 Å². The lowest BCUT2D eigenvalue weighted by Crippen LogP contribution is -2.12. The number of hydrogen-bond acceptors (Lipinski definition) is 2. The van der Waals surface area contributed by atoms with Gasteiger partial charge in [-0.15, -0.1) is 0 Å². The van der Waals surface area contributed by atoms with Gasteiger partial charge in [-0.1, -0.05) is 57.0 Å². The Kier molecular flexibility index (Phi) is 5.44. The number of aromatic nitrogens is 1. The summed E-state index contributed by atoms with van der Waals surface area (Å²) in [7, 11) is 0. The minimum atomic E-state index is -0.107. The van der Waals surface area contributed by atoms with E-state index in [1.165, 1.54) is 24.8 Å². The number of pyridine rings is 1. The van der Waals surface area contributed by atoms with Crippen LogP contribution >= 0.6 is 0 Å². The molecule has 3 nitrogen and oxygen atoms in total. The van der Waals surface area contributed by atoms with Crippen LogP contribution in [0.25, 0.3) is 10.9 Å². The van der Waals surface area contributed by atoms with Gasteiger partial charge < -0.3 is 5.32 Å². The number of anilines is 1. The number of hydrogen-bond donors (Lipinski definition) is 1. The van der Waals surface area contributed by atoms with Crippen molar-refractivity contribution in [2.45, 2.75) is 39.0 Å². The molecule has 0 fully saturated rings. The average Bonchev–Trinajstić information content (AvgIpc) is 2.66. The molecular formula is C22H24N2O. The van der Waals surface area contributed by atoms with Crippen molar-refractivity contribution in [3.05, 3.63) is 71.9 Å². The van der Waals surface area contributed by atoms with Gasteiger partial charge in [0, 0.05) is 10.9 Å². The maximum Gasteiger partial charge on any atom is 0.255 e. The van der Waals surface area contributed by atoms with Crippen LogP contribution in [0.3, 0.4) is 0 Å². The van der Waals surface area contributed by atoms with Crippen molar-refractivity contribution in [2.75, 3.05) is 5.32 Å². The molecule has 3 heteroatoms. The molecule has 128 valence electrons. The predicted molar refractivity (Wildman–Crippen MR) is 104 cm³/mol. The third-order valence-electron chi connectivity index (χ3n) is 4.58. The van der Waals surface area contributed by atoms with Gasteiger partial charge >= 0.3 is 0 Å². The number of carbonyl (C=O) groups excluding carboxylic acids is 1. The van der Waals surface area contributed by atoms with E-state index in [1.54, 1.807) is 6.20 Å².